The van der Waals surface area contributed by atoms with E-state index >= 15 is 0 Å². The maximum Gasteiger partial charge on any atom is 0.261 e. The van der Waals surface area contributed by atoms with Crippen LogP contribution in [0.1, 0.15) is 17.3 Å². The third kappa shape index (κ3) is 4.16. The summed E-state index contributed by atoms with van der Waals surface area (Å²) in [7, 11) is -3.80. The largest absolute Gasteiger partial charge is 0.436 e. The van der Waals surface area contributed by atoms with Crippen LogP contribution in [0.15, 0.2) is 94.4 Å². The Kier molecular flexibility index (Phi) is 5.20. The van der Waals surface area contributed by atoms with Gasteiger partial charge in [-0.25, -0.2) is 13.4 Å². The number of hydrogen-bond donors (Lipinski definition) is 1. The molecular weight excluding hydrogens is 400 g/mol. The average Bonchev–Trinajstić information content (AvgIpc) is 3.25. The maximum atomic E-state index is 12.7. The molecule has 0 aliphatic rings. The average molecular weight is 418 g/mol. The first kappa shape index (κ1) is 19.6. The smallest absolute Gasteiger partial charge is 0.261 e. The van der Waals surface area contributed by atoms with Crippen LogP contribution in [0.25, 0.3) is 22.8 Å². The van der Waals surface area contributed by atoms with Crippen molar-refractivity contribution < 1.29 is 17.6 Å². The monoisotopic (exact) mass is 418 g/mol. The lowest BCUT2D eigenvalue weighted by Gasteiger charge is -2.09. The number of carbonyl (C=O) groups excluding carboxylic acids is 1. The zero-order valence-electron chi connectivity index (χ0n) is 16.1. The minimum atomic E-state index is -3.80. The second-order valence-electron chi connectivity index (χ2n) is 6.66. The van der Waals surface area contributed by atoms with Gasteiger partial charge < -0.3 is 4.42 Å². The van der Waals surface area contributed by atoms with Crippen molar-refractivity contribution >= 4 is 21.5 Å². The Hall–Kier alpha value is -3.71. The molecule has 0 amide bonds. The molecule has 0 bridgehead atoms. The van der Waals surface area contributed by atoms with Gasteiger partial charge in [0.2, 0.25) is 5.89 Å². The van der Waals surface area contributed by atoms with E-state index < -0.39 is 10.0 Å². The van der Waals surface area contributed by atoms with Crippen molar-refractivity contribution in [2.24, 2.45) is 0 Å². The van der Waals surface area contributed by atoms with E-state index in [9.17, 15) is 13.2 Å². The number of nitrogens with zero attached hydrogens (tertiary/aromatic N) is 1. The normalized spacial score (nSPS) is 11.2. The van der Waals surface area contributed by atoms with E-state index in [1.54, 1.807) is 36.5 Å². The van der Waals surface area contributed by atoms with E-state index in [1.165, 1.54) is 25.1 Å². The number of Topliss-reactive ketones (excluding diaryl/α,β-unsaturated/α-hetero) is 1. The molecule has 1 heterocycles. The zero-order chi connectivity index (χ0) is 21.1. The third-order valence-corrected chi connectivity index (χ3v) is 5.89. The van der Waals surface area contributed by atoms with Gasteiger partial charge in [0, 0.05) is 22.4 Å². The fraction of sp³-hybridized carbons (Fsp3) is 0.0435. The van der Waals surface area contributed by atoms with Crippen LogP contribution in [0, 0.1) is 0 Å². The predicted octanol–water partition coefficient (Wildman–Crippen LogP) is 5.01. The summed E-state index contributed by atoms with van der Waals surface area (Å²) in [5.74, 6) is 0.899. The molecule has 0 saturated heterocycles. The minimum Gasteiger partial charge on any atom is -0.436 e. The van der Waals surface area contributed by atoms with Crippen LogP contribution in [0.5, 0.6) is 0 Å². The van der Waals surface area contributed by atoms with Crippen LogP contribution in [0.3, 0.4) is 0 Å². The molecule has 3 aromatic carbocycles. The van der Waals surface area contributed by atoms with Gasteiger partial charge in [-0.1, -0.05) is 42.5 Å². The van der Waals surface area contributed by atoms with Gasteiger partial charge in [0.15, 0.2) is 11.5 Å². The third-order valence-electron chi connectivity index (χ3n) is 4.50. The van der Waals surface area contributed by atoms with Gasteiger partial charge in [-0.2, -0.15) is 0 Å². The fourth-order valence-corrected chi connectivity index (χ4v) is 3.99. The van der Waals surface area contributed by atoms with Crippen LogP contribution in [0.2, 0.25) is 0 Å². The van der Waals surface area contributed by atoms with Gasteiger partial charge >= 0.3 is 0 Å². The number of carbonyl (C=O) groups is 1. The lowest BCUT2D eigenvalue weighted by atomic mass is 10.1. The Morgan fingerprint density at radius 1 is 0.900 bits per heavy atom. The number of aromatic nitrogens is 1. The number of rotatable bonds is 6. The summed E-state index contributed by atoms with van der Waals surface area (Å²) < 4.78 is 33.7. The molecule has 6 nitrogen and oxygen atoms in total. The quantitative estimate of drug-likeness (QED) is 0.445. The van der Waals surface area contributed by atoms with E-state index in [2.05, 4.69) is 9.71 Å². The number of ketones is 1. The first-order chi connectivity index (χ1) is 14.4. The molecule has 0 aliphatic heterocycles. The van der Waals surface area contributed by atoms with Crippen molar-refractivity contribution in [3.05, 3.63) is 90.6 Å². The molecule has 7 heteroatoms. The van der Waals surface area contributed by atoms with E-state index in [0.29, 0.717) is 28.5 Å². The van der Waals surface area contributed by atoms with Crippen molar-refractivity contribution in [3.8, 4) is 22.8 Å². The molecule has 4 rings (SSSR count). The van der Waals surface area contributed by atoms with Gasteiger partial charge in [0.05, 0.1) is 11.1 Å². The van der Waals surface area contributed by atoms with Gasteiger partial charge in [0.1, 0.15) is 0 Å². The zero-order valence-corrected chi connectivity index (χ0v) is 16.9. The number of anilines is 1. The van der Waals surface area contributed by atoms with Crippen molar-refractivity contribution in [3.63, 3.8) is 0 Å². The number of benzene rings is 3. The fourth-order valence-electron chi connectivity index (χ4n) is 2.94. The SMILES string of the molecule is CC(=O)c1cccc(NS(=O)(=O)c2ccc(-c3ncc(-c4ccccc4)o3)cc2)c1. The van der Waals surface area contributed by atoms with Gasteiger partial charge in [-0.05, 0) is 43.3 Å². The molecule has 1 N–H and O–H groups in total. The molecule has 30 heavy (non-hydrogen) atoms. The lowest BCUT2D eigenvalue weighted by Crippen LogP contribution is -2.13. The molecule has 150 valence electrons. The highest BCUT2D eigenvalue weighted by molar-refractivity contribution is 7.92. The Morgan fingerprint density at radius 2 is 1.63 bits per heavy atom. The number of oxazole rings is 1. The van der Waals surface area contributed by atoms with E-state index in [4.69, 9.17) is 4.42 Å². The second kappa shape index (κ2) is 7.96. The van der Waals surface area contributed by atoms with Crippen molar-refractivity contribution in [1.82, 2.24) is 4.98 Å². The maximum absolute atomic E-state index is 12.7. The Labute approximate surface area is 174 Å². The van der Waals surface area contributed by atoms with E-state index in [0.717, 1.165) is 5.56 Å². The first-order valence-corrected chi connectivity index (χ1v) is 10.7. The summed E-state index contributed by atoms with van der Waals surface area (Å²) in [5.41, 5.74) is 2.33. The topological polar surface area (TPSA) is 89.3 Å². The summed E-state index contributed by atoms with van der Waals surface area (Å²) in [6.45, 7) is 1.43. The Morgan fingerprint density at radius 3 is 2.33 bits per heavy atom. The molecule has 1 aromatic heterocycles. The molecule has 0 unspecified atom stereocenters. The number of nitrogens with one attached hydrogen (secondary N) is 1. The van der Waals surface area contributed by atoms with Crippen LogP contribution >= 0.6 is 0 Å². The molecule has 0 atom stereocenters. The second-order valence-corrected chi connectivity index (χ2v) is 8.34. The summed E-state index contributed by atoms with van der Waals surface area (Å²) in [6.07, 6.45) is 1.64. The van der Waals surface area contributed by atoms with Gasteiger partial charge in [-0.15, -0.1) is 0 Å². The molecule has 0 spiro atoms. The summed E-state index contributed by atoms with van der Waals surface area (Å²) in [6, 6.07) is 22.2. The molecule has 0 saturated carbocycles. The van der Waals surface area contributed by atoms with Crippen LogP contribution < -0.4 is 4.72 Å². The van der Waals surface area contributed by atoms with Crippen molar-refractivity contribution in [2.45, 2.75) is 11.8 Å². The van der Waals surface area contributed by atoms with Gasteiger partial charge in [-0.3, -0.25) is 9.52 Å². The summed E-state index contributed by atoms with van der Waals surface area (Å²) in [4.78, 5) is 15.9. The Bertz CT molecular complexity index is 1290. The van der Waals surface area contributed by atoms with Gasteiger partial charge in [0.25, 0.3) is 10.0 Å². The molecular formula is C23H18N2O4S. The standard InChI is InChI=1S/C23H18N2O4S/c1-16(26)19-8-5-9-20(14-19)25-30(27,28)21-12-10-18(11-13-21)23-24-15-22(29-23)17-6-3-2-4-7-17/h2-15,25H,1H3. The molecule has 0 fully saturated rings. The minimum absolute atomic E-state index is 0.0920. The van der Waals surface area contributed by atoms with Crippen LogP contribution in [-0.2, 0) is 10.0 Å². The number of hydrogen-bond acceptors (Lipinski definition) is 5. The van der Waals surface area contributed by atoms with Crippen LogP contribution in [0.4, 0.5) is 5.69 Å². The summed E-state index contributed by atoms with van der Waals surface area (Å²) in [5, 5.41) is 0. The Balaban J connectivity index is 1.55. The van der Waals surface area contributed by atoms with E-state index in [-0.39, 0.29) is 10.7 Å². The molecule has 0 aliphatic carbocycles. The van der Waals surface area contributed by atoms with Crippen molar-refractivity contribution in [1.29, 1.82) is 0 Å². The highest BCUT2D eigenvalue weighted by Crippen LogP contribution is 2.27. The first-order valence-electron chi connectivity index (χ1n) is 9.18. The van der Waals surface area contributed by atoms with E-state index in [1.807, 2.05) is 30.3 Å². The highest BCUT2D eigenvalue weighted by atomic mass is 32.2. The van der Waals surface area contributed by atoms with Crippen molar-refractivity contribution in [2.75, 3.05) is 4.72 Å². The summed E-state index contributed by atoms with van der Waals surface area (Å²) >= 11 is 0. The van der Waals surface area contributed by atoms with Crippen LogP contribution in [-0.4, -0.2) is 19.2 Å². The predicted molar refractivity (Wildman–Crippen MR) is 115 cm³/mol. The lowest BCUT2D eigenvalue weighted by molar-refractivity contribution is 0.101. The highest BCUT2D eigenvalue weighted by Gasteiger charge is 2.16. The number of sulfonamides is 1. The molecule has 4 aromatic rings. The molecule has 0 radical (unpaired) electrons.